The number of ether oxygens (including phenoxy) is 1. The largest absolute Gasteiger partial charge is 0.464 e. The van der Waals surface area contributed by atoms with Crippen molar-refractivity contribution < 1.29 is 14.3 Å². The third-order valence-corrected chi connectivity index (χ3v) is 5.77. The molecule has 9 heteroatoms. The molecule has 1 aliphatic heterocycles. The van der Waals surface area contributed by atoms with Gasteiger partial charge in [-0.2, -0.15) is 4.98 Å². The number of aryl methyl sites for hydroxylation is 2. The van der Waals surface area contributed by atoms with Gasteiger partial charge in [0.25, 0.3) is 5.78 Å². The summed E-state index contributed by atoms with van der Waals surface area (Å²) in [5, 5.41) is 4.97. The van der Waals surface area contributed by atoms with Gasteiger partial charge < -0.3 is 9.64 Å². The minimum absolute atomic E-state index is 0.0892. The Hall–Kier alpha value is -2.16. The fourth-order valence-corrected chi connectivity index (χ4v) is 3.93. The van der Waals surface area contributed by atoms with E-state index < -0.39 is 6.04 Å². The predicted molar refractivity (Wildman–Crippen MR) is 102 cm³/mol. The highest BCUT2D eigenvalue weighted by molar-refractivity contribution is 7.99. The van der Waals surface area contributed by atoms with Gasteiger partial charge in [0.05, 0.1) is 12.4 Å². The molecule has 0 aliphatic carbocycles. The van der Waals surface area contributed by atoms with Crippen LogP contribution in [0.2, 0.25) is 0 Å². The molecule has 1 saturated heterocycles. The summed E-state index contributed by atoms with van der Waals surface area (Å²) in [4.78, 5) is 35.4. The highest BCUT2D eigenvalue weighted by Crippen LogP contribution is 2.22. The topological polar surface area (TPSA) is 89.7 Å². The number of thioether (sulfide) groups is 1. The zero-order valence-electron chi connectivity index (χ0n) is 16.2. The van der Waals surface area contributed by atoms with E-state index in [0.29, 0.717) is 30.5 Å². The number of rotatable bonds is 5. The molecule has 3 heterocycles. The van der Waals surface area contributed by atoms with E-state index in [1.807, 2.05) is 20.8 Å². The van der Waals surface area contributed by atoms with Crippen molar-refractivity contribution >= 4 is 29.4 Å². The van der Waals surface area contributed by atoms with Crippen LogP contribution in [0.3, 0.4) is 0 Å². The first kappa shape index (κ1) is 19.6. The van der Waals surface area contributed by atoms with Crippen molar-refractivity contribution in [2.75, 3.05) is 18.9 Å². The van der Waals surface area contributed by atoms with Crippen molar-refractivity contribution in [1.82, 2.24) is 24.5 Å². The Balaban J connectivity index is 1.70. The van der Waals surface area contributed by atoms with Gasteiger partial charge in [0.2, 0.25) is 11.1 Å². The molecule has 1 amide bonds. The summed E-state index contributed by atoms with van der Waals surface area (Å²) >= 11 is 1.27. The van der Waals surface area contributed by atoms with Crippen LogP contribution in [0.5, 0.6) is 0 Å². The third kappa shape index (κ3) is 4.07. The number of fused-ring (bicyclic) bond motifs is 1. The SMILES string of the molecule is CCOC(=O)C1CCCCN1C(=O)CSc1nc2nc(C)c(C)c(C)n2n1. The number of likely N-dealkylation sites (tertiary alicyclic amines) is 1. The Morgan fingerprint density at radius 2 is 2.00 bits per heavy atom. The van der Waals surface area contributed by atoms with Gasteiger partial charge in [0, 0.05) is 17.9 Å². The molecule has 0 radical (unpaired) electrons. The molecule has 1 fully saturated rings. The van der Waals surface area contributed by atoms with Crippen molar-refractivity contribution in [3.8, 4) is 0 Å². The Labute approximate surface area is 162 Å². The van der Waals surface area contributed by atoms with Gasteiger partial charge in [-0.3, -0.25) is 4.79 Å². The molecule has 8 nitrogen and oxygen atoms in total. The number of amides is 1. The van der Waals surface area contributed by atoms with E-state index in [4.69, 9.17) is 4.74 Å². The number of hydrogen-bond acceptors (Lipinski definition) is 7. The number of piperidine rings is 1. The van der Waals surface area contributed by atoms with Crippen molar-refractivity contribution in [2.24, 2.45) is 0 Å². The first-order chi connectivity index (χ1) is 12.9. The van der Waals surface area contributed by atoms with Crippen LogP contribution >= 0.6 is 11.8 Å². The quantitative estimate of drug-likeness (QED) is 0.569. The Morgan fingerprint density at radius 3 is 2.74 bits per heavy atom. The Kier molecular flexibility index (Phi) is 5.98. The van der Waals surface area contributed by atoms with Crippen LogP contribution in [0.4, 0.5) is 0 Å². The maximum Gasteiger partial charge on any atom is 0.328 e. The van der Waals surface area contributed by atoms with E-state index in [-0.39, 0.29) is 17.6 Å². The number of esters is 1. The number of aromatic nitrogens is 4. The van der Waals surface area contributed by atoms with Crippen LogP contribution in [-0.2, 0) is 14.3 Å². The number of carbonyl (C=O) groups excluding carboxylic acids is 2. The zero-order valence-corrected chi connectivity index (χ0v) is 17.0. The molecule has 27 heavy (non-hydrogen) atoms. The lowest BCUT2D eigenvalue weighted by Crippen LogP contribution is -2.49. The van der Waals surface area contributed by atoms with E-state index >= 15 is 0 Å². The summed E-state index contributed by atoms with van der Waals surface area (Å²) in [6, 6.07) is -0.477. The van der Waals surface area contributed by atoms with E-state index in [1.54, 1.807) is 16.3 Å². The molecule has 2 aromatic heterocycles. The van der Waals surface area contributed by atoms with Crippen LogP contribution in [0, 0.1) is 20.8 Å². The standard InChI is InChI=1S/C18H25N5O3S/c1-5-26-16(25)14-8-6-7-9-22(14)15(24)10-27-18-20-17-19-12(3)11(2)13(4)23(17)21-18/h14H,5-10H2,1-4H3. The molecule has 0 aromatic carbocycles. The molecule has 1 aliphatic rings. The average Bonchev–Trinajstić information content (AvgIpc) is 3.07. The number of hydrogen-bond donors (Lipinski definition) is 0. The number of carbonyl (C=O) groups is 2. The Morgan fingerprint density at radius 1 is 1.22 bits per heavy atom. The lowest BCUT2D eigenvalue weighted by atomic mass is 10.0. The summed E-state index contributed by atoms with van der Waals surface area (Å²) in [6.07, 6.45) is 2.49. The molecule has 3 rings (SSSR count). The van der Waals surface area contributed by atoms with Gasteiger partial charge in [0.1, 0.15) is 6.04 Å². The van der Waals surface area contributed by atoms with Crippen LogP contribution in [0.25, 0.3) is 5.78 Å². The predicted octanol–water partition coefficient (Wildman–Crippen LogP) is 2.09. The second-order valence-electron chi connectivity index (χ2n) is 6.65. The summed E-state index contributed by atoms with van der Waals surface area (Å²) in [6.45, 7) is 8.60. The van der Waals surface area contributed by atoms with Gasteiger partial charge in [0.15, 0.2) is 0 Å². The first-order valence-electron chi connectivity index (χ1n) is 9.21. The van der Waals surface area contributed by atoms with E-state index in [0.717, 1.165) is 29.8 Å². The normalized spacial score (nSPS) is 17.3. The molecular weight excluding hydrogens is 366 g/mol. The zero-order chi connectivity index (χ0) is 19.6. The first-order valence-corrected chi connectivity index (χ1v) is 10.2. The third-order valence-electron chi connectivity index (χ3n) is 4.95. The highest BCUT2D eigenvalue weighted by atomic mass is 32.2. The van der Waals surface area contributed by atoms with Gasteiger partial charge in [-0.25, -0.2) is 14.3 Å². The molecule has 146 valence electrons. The summed E-state index contributed by atoms with van der Waals surface area (Å²) in [7, 11) is 0. The van der Waals surface area contributed by atoms with Crippen molar-refractivity contribution in [3.05, 3.63) is 17.0 Å². The minimum Gasteiger partial charge on any atom is -0.464 e. The number of nitrogens with zero attached hydrogens (tertiary/aromatic N) is 5. The molecule has 0 bridgehead atoms. The smallest absolute Gasteiger partial charge is 0.328 e. The van der Waals surface area contributed by atoms with Gasteiger partial charge in [-0.15, -0.1) is 5.10 Å². The van der Waals surface area contributed by atoms with Gasteiger partial charge in [-0.05, 0) is 52.5 Å². The van der Waals surface area contributed by atoms with Crippen molar-refractivity contribution in [3.63, 3.8) is 0 Å². The molecular formula is C18H25N5O3S. The second kappa shape index (κ2) is 8.24. The van der Waals surface area contributed by atoms with Gasteiger partial charge in [-0.1, -0.05) is 11.8 Å². The molecule has 1 atom stereocenters. The van der Waals surface area contributed by atoms with Crippen molar-refractivity contribution in [1.29, 1.82) is 0 Å². The molecule has 0 spiro atoms. The van der Waals surface area contributed by atoms with Crippen LogP contribution in [0.1, 0.15) is 43.1 Å². The monoisotopic (exact) mass is 391 g/mol. The maximum atomic E-state index is 12.7. The van der Waals surface area contributed by atoms with Gasteiger partial charge >= 0.3 is 5.97 Å². The van der Waals surface area contributed by atoms with Crippen LogP contribution in [-0.4, -0.2) is 61.3 Å². The molecule has 1 unspecified atom stereocenters. The van der Waals surface area contributed by atoms with E-state index in [1.165, 1.54) is 11.8 Å². The lowest BCUT2D eigenvalue weighted by molar-refractivity contribution is -0.155. The second-order valence-corrected chi connectivity index (χ2v) is 7.60. The highest BCUT2D eigenvalue weighted by Gasteiger charge is 2.33. The van der Waals surface area contributed by atoms with Crippen molar-refractivity contribution in [2.45, 2.75) is 58.2 Å². The minimum atomic E-state index is -0.477. The molecule has 0 saturated carbocycles. The fourth-order valence-electron chi connectivity index (χ4n) is 3.22. The fraction of sp³-hybridized carbons (Fsp3) is 0.611. The molecule has 2 aromatic rings. The maximum absolute atomic E-state index is 12.7. The summed E-state index contributed by atoms with van der Waals surface area (Å²) < 4.78 is 6.83. The average molecular weight is 391 g/mol. The summed E-state index contributed by atoms with van der Waals surface area (Å²) in [5.41, 5.74) is 2.98. The summed E-state index contributed by atoms with van der Waals surface area (Å²) in [5.74, 6) is 0.317. The van der Waals surface area contributed by atoms with Crippen LogP contribution in [0.15, 0.2) is 5.16 Å². The van der Waals surface area contributed by atoms with Crippen LogP contribution < -0.4 is 0 Å². The lowest BCUT2D eigenvalue weighted by Gasteiger charge is -2.33. The van der Waals surface area contributed by atoms with E-state index in [2.05, 4.69) is 15.1 Å². The molecule has 0 N–H and O–H groups in total. The Bertz CT molecular complexity index is 866. The van der Waals surface area contributed by atoms with E-state index in [9.17, 15) is 9.59 Å².